The van der Waals surface area contributed by atoms with E-state index in [-0.39, 0.29) is 5.41 Å². The van der Waals surface area contributed by atoms with Crippen molar-refractivity contribution in [3.05, 3.63) is 29.3 Å². The molecule has 0 atom stereocenters. The molecule has 1 saturated heterocycles. The van der Waals surface area contributed by atoms with Gasteiger partial charge < -0.3 is 16.4 Å². The number of anilines is 1. The third-order valence-corrected chi connectivity index (χ3v) is 4.13. The monoisotopic (exact) mass is 253 g/mol. The van der Waals surface area contributed by atoms with E-state index in [1.807, 2.05) is 12.1 Å². The summed E-state index contributed by atoms with van der Waals surface area (Å²) in [6.07, 6.45) is 2.14. The molecule has 0 radical (unpaired) electrons. The summed E-state index contributed by atoms with van der Waals surface area (Å²) in [6.45, 7) is 3.43. The molecule has 2 rings (SSSR count). The van der Waals surface area contributed by atoms with Crippen molar-refractivity contribution in [1.82, 2.24) is 0 Å². The Hall–Kier alpha value is -0.770. The van der Waals surface area contributed by atoms with Gasteiger partial charge in [0, 0.05) is 23.8 Å². The predicted molar refractivity (Wildman–Crippen MR) is 73.4 cm³/mol. The fourth-order valence-corrected chi connectivity index (χ4v) is 2.51. The molecule has 1 aliphatic rings. The Bertz CT molecular complexity index is 349. The predicted octanol–water partition coefficient (Wildman–Crippen LogP) is 1.84. The van der Waals surface area contributed by atoms with E-state index in [1.165, 1.54) is 5.69 Å². The zero-order valence-electron chi connectivity index (χ0n) is 10.0. The third-order valence-electron chi connectivity index (χ3n) is 3.88. The molecule has 0 amide bonds. The van der Waals surface area contributed by atoms with Gasteiger partial charge in [0.25, 0.3) is 0 Å². The van der Waals surface area contributed by atoms with Crippen LogP contribution in [-0.2, 0) is 0 Å². The Morgan fingerprint density at radius 2 is 1.59 bits per heavy atom. The molecule has 0 aliphatic carbocycles. The topological polar surface area (TPSA) is 55.3 Å². The van der Waals surface area contributed by atoms with Gasteiger partial charge in [-0.2, -0.15) is 0 Å². The summed E-state index contributed by atoms with van der Waals surface area (Å²) in [7, 11) is 0. The smallest absolute Gasteiger partial charge is 0.0407 e. The normalized spacial score (nSPS) is 19.4. The number of nitrogens with zero attached hydrogens (tertiary/aromatic N) is 1. The van der Waals surface area contributed by atoms with Crippen LogP contribution < -0.4 is 16.4 Å². The van der Waals surface area contributed by atoms with E-state index in [9.17, 15) is 0 Å². The second-order valence-corrected chi connectivity index (χ2v) is 5.31. The number of benzene rings is 1. The van der Waals surface area contributed by atoms with Gasteiger partial charge in [-0.15, -0.1) is 0 Å². The Morgan fingerprint density at radius 3 is 2.06 bits per heavy atom. The third kappa shape index (κ3) is 2.73. The summed E-state index contributed by atoms with van der Waals surface area (Å²) in [5, 5.41) is 0.782. The molecule has 1 aliphatic heterocycles. The maximum Gasteiger partial charge on any atom is 0.0407 e. The number of nitrogens with two attached hydrogens (primary N) is 2. The van der Waals surface area contributed by atoms with E-state index in [2.05, 4.69) is 17.0 Å². The fourth-order valence-electron chi connectivity index (χ4n) is 2.38. The molecule has 0 unspecified atom stereocenters. The van der Waals surface area contributed by atoms with E-state index in [4.69, 9.17) is 23.1 Å². The molecule has 4 N–H and O–H groups in total. The molecule has 3 nitrogen and oxygen atoms in total. The summed E-state index contributed by atoms with van der Waals surface area (Å²) in [5.74, 6) is 0. The van der Waals surface area contributed by atoms with Gasteiger partial charge in [0.15, 0.2) is 0 Å². The van der Waals surface area contributed by atoms with Crippen molar-refractivity contribution >= 4 is 17.3 Å². The lowest BCUT2D eigenvalue weighted by Gasteiger charge is -2.41. The van der Waals surface area contributed by atoms with Crippen molar-refractivity contribution < 1.29 is 0 Å². The van der Waals surface area contributed by atoms with Crippen molar-refractivity contribution in [3.8, 4) is 0 Å². The summed E-state index contributed by atoms with van der Waals surface area (Å²) >= 11 is 5.89. The van der Waals surface area contributed by atoms with Crippen molar-refractivity contribution in [2.75, 3.05) is 31.1 Å². The SMILES string of the molecule is NCC1(CN)CCN(c2ccc(Cl)cc2)CC1. The Balaban J connectivity index is 2.01. The van der Waals surface area contributed by atoms with Gasteiger partial charge >= 0.3 is 0 Å². The van der Waals surface area contributed by atoms with Crippen molar-refractivity contribution in [3.63, 3.8) is 0 Å². The molecule has 1 aromatic carbocycles. The number of hydrogen-bond donors (Lipinski definition) is 2. The van der Waals surface area contributed by atoms with E-state index < -0.39 is 0 Å². The van der Waals surface area contributed by atoms with Crippen molar-refractivity contribution in [1.29, 1.82) is 0 Å². The first-order valence-electron chi connectivity index (χ1n) is 6.10. The largest absolute Gasteiger partial charge is 0.371 e. The summed E-state index contributed by atoms with van der Waals surface area (Å²) in [6, 6.07) is 8.01. The molecule has 0 saturated carbocycles. The highest BCUT2D eigenvalue weighted by molar-refractivity contribution is 6.30. The molecule has 1 heterocycles. The highest BCUT2D eigenvalue weighted by atomic mass is 35.5. The Labute approximate surface area is 108 Å². The molecular weight excluding hydrogens is 234 g/mol. The lowest BCUT2D eigenvalue weighted by molar-refractivity contribution is 0.238. The van der Waals surface area contributed by atoms with Crippen LogP contribution in [0.4, 0.5) is 5.69 Å². The lowest BCUT2D eigenvalue weighted by atomic mass is 9.78. The Morgan fingerprint density at radius 1 is 1.06 bits per heavy atom. The van der Waals surface area contributed by atoms with Crippen LogP contribution in [-0.4, -0.2) is 26.2 Å². The van der Waals surface area contributed by atoms with Gasteiger partial charge in [-0.1, -0.05) is 11.6 Å². The van der Waals surface area contributed by atoms with E-state index >= 15 is 0 Å². The van der Waals surface area contributed by atoms with E-state index in [1.54, 1.807) is 0 Å². The number of piperidine rings is 1. The van der Waals surface area contributed by atoms with Gasteiger partial charge in [0.1, 0.15) is 0 Å². The maximum atomic E-state index is 5.89. The van der Waals surface area contributed by atoms with Crippen LogP contribution in [0.15, 0.2) is 24.3 Å². The van der Waals surface area contributed by atoms with Crippen LogP contribution in [0.3, 0.4) is 0 Å². The minimum Gasteiger partial charge on any atom is -0.371 e. The van der Waals surface area contributed by atoms with Crippen LogP contribution >= 0.6 is 11.6 Å². The minimum atomic E-state index is 0.156. The van der Waals surface area contributed by atoms with Crippen LogP contribution in [0.1, 0.15) is 12.8 Å². The molecular formula is C13H20ClN3. The zero-order chi connectivity index (χ0) is 12.3. The second-order valence-electron chi connectivity index (χ2n) is 4.87. The van der Waals surface area contributed by atoms with Crippen LogP contribution in [0.2, 0.25) is 5.02 Å². The summed E-state index contributed by atoms with van der Waals surface area (Å²) < 4.78 is 0. The lowest BCUT2D eigenvalue weighted by Crippen LogP contribution is -2.47. The number of hydrogen-bond acceptors (Lipinski definition) is 3. The molecule has 4 heteroatoms. The van der Waals surface area contributed by atoms with Crippen molar-refractivity contribution in [2.24, 2.45) is 16.9 Å². The van der Waals surface area contributed by atoms with Crippen LogP contribution in [0.5, 0.6) is 0 Å². The van der Waals surface area contributed by atoms with Gasteiger partial charge in [-0.3, -0.25) is 0 Å². The van der Waals surface area contributed by atoms with Crippen LogP contribution in [0.25, 0.3) is 0 Å². The minimum absolute atomic E-state index is 0.156. The highest BCUT2D eigenvalue weighted by Crippen LogP contribution is 2.31. The number of rotatable bonds is 3. The van der Waals surface area contributed by atoms with E-state index in [0.717, 1.165) is 31.0 Å². The van der Waals surface area contributed by atoms with E-state index in [0.29, 0.717) is 13.1 Å². The maximum absolute atomic E-state index is 5.89. The average molecular weight is 254 g/mol. The average Bonchev–Trinajstić information content (AvgIpc) is 2.40. The molecule has 0 bridgehead atoms. The van der Waals surface area contributed by atoms with Crippen molar-refractivity contribution in [2.45, 2.75) is 12.8 Å². The van der Waals surface area contributed by atoms with Gasteiger partial charge in [-0.25, -0.2) is 0 Å². The Kier molecular flexibility index (Phi) is 3.92. The quantitative estimate of drug-likeness (QED) is 0.864. The van der Waals surface area contributed by atoms with Gasteiger partial charge in [0.05, 0.1) is 0 Å². The van der Waals surface area contributed by atoms with Crippen LogP contribution in [0, 0.1) is 5.41 Å². The first-order valence-corrected chi connectivity index (χ1v) is 6.48. The molecule has 94 valence electrons. The first-order chi connectivity index (χ1) is 8.19. The molecule has 0 spiro atoms. The molecule has 1 fully saturated rings. The zero-order valence-corrected chi connectivity index (χ0v) is 10.8. The summed E-state index contributed by atoms with van der Waals surface area (Å²) in [5.41, 5.74) is 13.1. The van der Waals surface area contributed by atoms with Gasteiger partial charge in [0.2, 0.25) is 0 Å². The van der Waals surface area contributed by atoms with Gasteiger partial charge in [-0.05, 0) is 55.6 Å². The highest BCUT2D eigenvalue weighted by Gasteiger charge is 2.31. The molecule has 0 aromatic heterocycles. The summed E-state index contributed by atoms with van der Waals surface area (Å²) in [4.78, 5) is 2.37. The number of halogens is 1. The second kappa shape index (κ2) is 5.25. The standard InChI is InChI=1S/C13H20ClN3/c14-11-1-3-12(4-2-11)17-7-5-13(9-15,10-16)6-8-17/h1-4H,5-10,15-16H2. The fraction of sp³-hybridized carbons (Fsp3) is 0.538. The molecule has 17 heavy (non-hydrogen) atoms. The molecule has 1 aromatic rings. The first kappa shape index (κ1) is 12.7.